The predicted octanol–water partition coefficient (Wildman–Crippen LogP) is 4.45. The highest BCUT2D eigenvalue weighted by Gasteiger charge is 2.38. The number of hydrogen-bond donors (Lipinski definition) is 1. The Balaban J connectivity index is 1.98. The van der Waals surface area contributed by atoms with Gasteiger partial charge >= 0.3 is 6.09 Å². The second kappa shape index (κ2) is 9.20. The smallest absolute Gasteiger partial charge is 0.410 e. The number of rotatable bonds is 5. The van der Waals surface area contributed by atoms with Crippen LogP contribution in [0.1, 0.15) is 50.8 Å². The number of hydrogen-bond acceptors (Lipinski definition) is 4. The summed E-state index contributed by atoms with van der Waals surface area (Å²) >= 11 is 0. The largest absolute Gasteiger partial charge is 0.496 e. The second-order valence-electron chi connectivity index (χ2n) is 8.48. The lowest BCUT2D eigenvalue weighted by molar-refractivity contribution is -0.125. The van der Waals surface area contributed by atoms with Gasteiger partial charge in [0, 0.05) is 12.0 Å². The van der Waals surface area contributed by atoms with E-state index in [-0.39, 0.29) is 18.0 Å². The lowest BCUT2D eigenvalue weighted by Crippen LogP contribution is -2.53. The molecule has 30 heavy (non-hydrogen) atoms. The minimum absolute atomic E-state index is 0.0125. The first kappa shape index (κ1) is 21.7. The van der Waals surface area contributed by atoms with Gasteiger partial charge < -0.3 is 14.8 Å². The van der Waals surface area contributed by atoms with E-state index in [4.69, 9.17) is 9.47 Å². The number of para-hydroxylation sites is 1. The Labute approximate surface area is 178 Å². The Morgan fingerprint density at radius 2 is 1.77 bits per heavy atom. The van der Waals surface area contributed by atoms with Gasteiger partial charge in [-0.05, 0) is 38.8 Å². The maximum atomic E-state index is 13.3. The fourth-order valence-electron chi connectivity index (χ4n) is 3.74. The predicted molar refractivity (Wildman–Crippen MR) is 115 cm³/mol. The first-order chi connectivity index (χ1) is 14.3. The maximum absolute atomic E-state index is 13.3. The third kappa shape index (κ3) is 5.32. The molecule has 0 spiro atoms. The van der Waals surface area contributed by atoms with E-state index in [1.807, 2.05) is 75.4 Å². The standard InChI is InChI=1S/C24H30N2O4/c1-24(2,3)30-23(28)26(16-18-12-8-9-13-20(18)29-4)19-14-15-21(27)25-22(19)17-10-6-5-7-11-17/h5-13,19,22H,14-16H2,1-4H3,(H,25,27). The maximum Gasteiger partial charge on any atom is 0.410 e. The number of piperidine rings is 1. The quantitative estimate of drug-likeness (QED) is 0.791. The Morgan fingerprint density at radius 1 is 1.10 bits per heavy atom. The molecule has 1 aliphatic rings. The fraction of sp³-hybridized carbons (Fsp3) is 0.417. The van der Waals surface area contributed by atoms with Gasteiger partial charge in [-0.25, -0.2) is 4.79 Å². The van der Waals surface area contributed by atoms with Crippen LogP contribution < -0.4 is 10.1 Å². The molecule has 1 fully saturated rings. The molecule has 0 bridgehead atoms. The normalized spacial score (nSPS) is 19.0. The molecule has 0 radical (unpaired) electrons. The molecule has 1 heterocycles. The van der Waals surface area contributed by atoms with Crippen molar-refractivity contribution in [1.29, 1.82) is 0 Å². The molecule has 6 nitrogen and oxygen atoms in total. The number of nitrogens with one attached hydrogen (secondary N) is 1. The zero-order valence-corrected chi connectivity index (χ0v) is 18.1. The van der Waals surface area contributed by atoms with Crippen LogP contribution >= 0.6 is 0 Å². The molecule has 0 aromatic heterocycles. The van der Waals surface area contributed by atoms with E-state index in [1.54, 1.807) is 12.0 Å². The van der Waals surface area contributed by atoms with Crippen LogP contribution in [0, 0.1) is 0 Å². The summed E-state index contributed by atoms with van der Waals surface area (Å²) < 4.78 is 11.2. The van der Waals surface area contributed by atoms with E-state index >= 15 is 0 Å². The fourth-order valence-corrected chi connectivity index (χ4v) is 3.74. The number of carbonyl (C=O) groups is 2. The number of ether oxygens (including phenoxy) is 2. The lowest BCUT2D eigenvalue weighted by Gasteiger charge is -2.41. The van der Waals surface area contributed by atoms with E-state index in [9.17, 15) is 9.59 Å². The lowest BCUT2D eigenvalue weighted by atomic mass is 9.90. The van der Waals surface area contributed by atoms with Gasteiger partial charge in [-0.2, -0.15) is 0 Å². The van der Waals surface area contributed by atoms with Gasteiger partial charge in [0.1, 0.15) is 11.4 Å². The van der Waals surface area contributed by atoms with Crippen molar-refractivity contribution < 1.29 is 19.1 Å². The van der Waals surface area contributed by atoms with Gasteiger partial charge in [-0.1, -0.05) is 48.5 Å². The second-order valence-corrected chi connectivity index (χ2v) is 8.48. The molecule has 0 aliphatic carbocycles. The average molecular weight is 411 g/mol. The molecular weight excluding hydrogens is 380 g/mol. The zero-order valence-electron chi connectivity index (χ0n) is 18.1. The van der Waals surface area contributed by atoms with Crippen LogP contribution in [0.4, 0.5) is 4.79 Å². The van der Waals surface area contributed by atoms with E-state index in [1.165, 1.54) is 0 Å². The molecule has 1 aliphatic heterocycles. The summed E-state index contributed by atoms with van der Waals surface area (Å²) in [4.78, 5) is 27.2. The molecule has 1 saturated heterocycles. The van der Waals surface area contributed by atoms with Crippen LogP contribution in [0.2, 0.25) is 0 Å². The Morgan fingerprint density at radius 3 is 2.43 bits per heavy atom. The van der Waals surface area contributed by atoms with Crippen molar-refractivity contribution in [3.8, 4) is 5.75 Å². The first-order valence-electron chi connectivity index (χ1n) is 10.2. The molecule has 2 unspecified atom stereocenters. The summed E-state index contributed by atoms with van der Waals surface area (Å²) in [6.45, 7) is 5.87. The zero-order chi connectivity index (χ0) is 21.7. The summed E-state index contributed by atoms with van der Waals surface area (Å²) in [7, 11) is 1.62. The number of benzene rings is 2. The number of nitrogens with zero attached hydrogens (tertiary/aromatic N) is 1. The molecule has 160 valence electrons. The highest BCUT2D eigenvalue weighted by Crippen LogP contribution is 2.32. The molecule has 2 aromatic carbocycles. The van der Waals surface area contributed by atoms with Crippen LogP contribution in [0.5, 0.6) is 5.75 Å². The molecule has 6 heteroatoms. The monoisotopic (exact) mass is 410 g/mol. The van der Waals surface area contributed by atoms with Crippen molar-refractivity contribution >= 4 is 12.0 Å². The molecular formula is C24H30N2O4. The van der Waals surface area contributed by atoms with Gasteiger partial charge in [0.15, 0.2) is 0 Å². The van der Waals surface area contributed by atoms with Gasteiger partial charge in [0.25, 0.3) is 0 Å². The van der Waals surface area contributed by atoms with Crippen molar-refractivity contribution in [2.45, 2.75) is 57.8 Å². The van der Waals surface area contributed by atoms with E-state index in [2.05, 4.69) is 5.32 Å². The average Bonchev–Trinajstić information content (AvgIpc) is 2.72. The van der Waals surface area contributed by atoms with Gasteiger partial charge in [0.05, 0.1) is 25.7 Å². The topological polar surface area (TPSA) is 67.9 Å². The molecule has 3 rings (SSSR count). The molecule has 0 saturated carbocycles. The minimum atomic E-state index is -0.629. The number of methoxy groups -OCH3 is 1. The van der Waals surface area contributed by atoms with Crippen LogP contribution in [-0.2, 0) is 16.1 Å². The molecule has 1 N–H and O–H groups in total. The summed E-state index contributed by atoms with van der Waals surface area (Å²) in [5, 5.41) is 3.08. The molecule has 2 aromatic rings. The third-order valence-electron chi connectivity index (χ3n) is 5.09. The third-order valence-corrected chi connectivity index (χ3v) is 5.09. The molecule has 2 amide bonds. The number of carbonyl (C=O) groups excluding carboxylic acids is 2. The van der Waals surface area contributed by atoms with Crippen molar-refractivity contribution in [1.82, 2.24) is 10.2 Å². The molecule has 2 atom stereocenters. The van der Waals surface area contributed by atoms with Crippen molar-refractivity contribution in [2.24, 2.45) is 0 Å². The van der Waals surface area contributed by atoms with E-state index in [0.717, 1.165) is 11.1 Å². The Hall–Kier alpha value is -3.02. The minimum Gasteiger partial charge on any atom is -0.496 e. The van der Waals surface area contributed by atoms with Crippen molar-refractivity contribution in [3.05, 3.63) is 65.7 Å². The highest BCUT2D eigenvalue weighted by molar-refractivity contribution is 5.78. The van der Waals surface area contributed by atoms with Crippen LogP contribution in [-0.4, -0.2) is 35.7 Å². The summed E-state index contributed by atoms with van der Waals surface area (Å²) in [5.74, 6) is 0.698. The Bertz CT molecular complexity index is 876. The highest BCUT2D eigenvalue weighted by atomic mass is 16.6. The van der Waals surface area contributed by atoms with E-state index < -0.39 is 11.7 Å². The summed E-state index contributed by atoms with van der Waals surface area (Å²) in [6.07, 6.45) is 0.509. The van der Waals surface area contributed by atoms with Gasteiger partial charge in [-0.15, -0.1) is 0 Å². The Kier molecular flexibility index (Phi) is 6.65. The van der Waals surface area contributed by atoms with Crippen LogP contribution in [0.25, 0.3) is 0 Å². The SMILES string of the molecule is COc1ccccc1CN(C(=O)OC(C)(C)C)C1CCC(=O)NC1c1ccccc1. The summed E-state index contributed by atoms with van der Waals surface area (Å²) in [6, 6.07) is 16.8. The van der Waals surface area contributed by atoms with E-state index in [0.29, 0.717) is 25.1 Å². The number of amides is 2. The van der Waals surface area contributed by atoms with Crippen molar-refractivity contribution in [3.63, 3.8) is 0 Å². The van der Waals surface area contributed by atoms with Gasteiger partial charge in [-0.3, -0.25) is 9.69 Å². The van der Waals surface area contributed by atoms with Crippen LogP contribution in [0.15, 0.2) is 54.6 Å². The van der Waals surface area contributed by atoms with Crippen molar-refractivity contribution in [2.75, 3.05) is 7.11 Å². The van der Waals surface area contributed by atoms with Crippen LogP contribution in [0.3, 0.4) is 0 Å². The summed E-state index contributed by atoms with van der Waals surface area (Å²) in [5.41, 5.74) is 1.22. The first-order valence-corrected chi connectivity index (χ1v) is 10.2. The van der Waals surface area contributed by atoms with Gasteiger partial charge in [0.2, 0.25) is 5.91 Å².